The molecule has 0 aromatic heterocycles. The Morgan fingerprint density at radius 2 is 2.04 bits per heavy atom. The third kappa shape index (κ3) is 2.72. The number of amides is 1. The molecular formula is C21H20N2O4. The molecule has 0 spiro atoms. The van der Waals surface area contributed by atoms with Gasteiger partial charge >= 0.3 is 0 Å². The second-order valence-corrected chi connectivity index (χ2v) is 7.42. The largest absolute Gasteiger partial charge is 0.454 e. The zero-order valence-electron chi connectivity index (χ0n) is 14.8. The van der Waals surface area contributed by atoms with E-state index in [0.717, 1.165) is 53.8 Å². The van der Waals surface area contributed by atoms with Crippen molar-refractivity contribution < 1.29 is 19.1 Å². The molecule has 2 aromatic rings. The van der Waals surface area contributed by atoms with Crippen molar-refractivity contribution in [3.8, 4) is 11.5 Å². The molecule has 6 nitrogen and oxygen atoms in total. The fourth-order valence-electron chi connectivity index (χ4n) is 3.99. The summed E-state index contributed by atoms with van der Waals surface area (Å²) in [5.41, 5.74) is 3.44. The predicted molar refractivity (Wildman–Crippen MR) is 100 cm³/mol. The van der Waals surface area contributed by atoms with Gasteiger partial charge in [0.25, 0.3) is 0 Å². The minimum atomic E-state index is -0.488. The quantitative estimate of drug-likeness (QED) is 0.798. The number of hydrogen-bond donors (Lipinski definition) is 2. The van der Waals surface area contributed by atoms with Gasteiger partial charge in [-0.15, -0.1) is 0 Å². The van der Waals surface area contributed by atoms with E-state index in [1.807, 2.05) is 36.4 Å². The summed E-state index contributed by atoms with van der Waals surface area (Å²) in [6, 6.07) is 11.8. The average Bonchev–Trinajstić information content (AvgIpc) is 3.18. The van der Waals surface area contributed by atoms with Gasteiger partial charge in [0.1, 0.15) is 6.29 Å². The molecule has 2 aromatic carbocycles. The van der Waals surface area contributed by atoms with Gasteiger partial charge in [0.2, 0.25) is 12.7 Å². The summed E-state index contributed by atoms with van der Waals surface area (Å²) >= 11 is 0. The van der Waals surface area contributed by atoms with Crippen LogP contribution in [-0.4, -0.2) is 25.0 Å². The summed E-state index contributed by atoms with van der Waals surface area (Å²) in [5.74, 6) is 1.44. The monoisotopic (exact) mass is 364 g/mol. The third-order valence-electron chi connectivity index (χ3n) is 5.68. The molecule has 0 radical (unpaired) electrons. The zero-order valence-corrected chi connectivity index (χ0v) is 14.8. The van der Waals surface area contributed by atoms with Crippen LogP contribution >= 0.6 is 0 Å². The van der Waals surface area contributed by atoms with E-state index >= 15 is 0 Å². The van der Waals surface area contributed by atoms with Crippen LogP contribution in [-0.2, 0) is 21.4 Å². The van der Waals surface area contributed by atoms with Crippen LogP contribution in [0, 0.1) is 0 Å². The van der Waals surface area contributed by atoms with E-state index in [0.29, 0.717) is 12.2 Å². The van der Waals surface area contributed by atoms with Crippen LogP contribution in [0.5, 0.6) is 11.5 Å². The van der Waals surface area contributed by atoms with Crippen molar-refractivity contribution in [2.24, 2.45) is 0 Å². The number of hydrogen-bond acceptors (Lipinski definition) is 5. The molecule has 27 heavy (non-hydrogen) atoms. The van der Waals surface area contributed by atoms with Gasteiger partial charge in [0.15, 0.2) is 11.5 Å². The van der Waals surface area contributed by atoms with E-state index in [1.165, 1.54) is 0 Å². The van der Waals surface area contributed by atoms with Crippen LogP contribution < -0.4 is 20.1 Å². The van der Waals surface area contributed by atoms with Gasteiger partial charge in [-0.1, -0.05) is 6.07 Å². The topological polar surface area (TPSA) is 76.7 Å². The van der Waals surface area contributed by atoms with Crippen LogP contribution in [0.2, 0.25) is 0 Å². The van der Waals surface area contributed by atoms with Gasteiger partial charge < -0.3 is 24.9 Å². The first-order chi connectivity index (χ1) is 13.2. The fourth-order valence-corrected chi connectivity index (χ4v) is 3.99. The van der Waals surface area contributed by atoms with Crippen molar-refractivity contribution in [2.45, 2.75) is 37.1 Å². The Labute approximate surface area is 156 Å². The molecule has 0 bridgehead atoms. The minimum absolute atomic E-state index is 0.0108. The van der Waals surface area contributed by atoms with Crippen molar-refractivity contribution in [3.63, 3.8) is 0 Å². The van der Waals surface area contributed by atoms with E-state index < -0.39 is 5.41 Å². The average molecular weight is 364 g/mol. The molecular weight excluding hydrogens is 344 g/mol. The summed E-state index contributed by atoms with van der Waals surface area (Å²) in [7, 11) is 0. The highest BCUT2D eigenvalue weighted by Gasteiger charge is 2.51. The number of rotatable bonds is 5. The van der Waals surface area contributed by atoms with E-state index in [1.54, 1.807) is 0 Å². The van der Waals surface area contributed by atoms with Gasteiger partial charge in [-0.3, -0.25) is 4.79 Å². The number of aldehydes is 1. The van der Waals surface area contributed by atoms with Crippen molar-refractivity contribution in [1.82, 2.24) is 0 Å². The predicted octanol–water partition coefficient (Wildman–Crippen LogP) is 3.01. The maximum Gasteiger partial charge on any atom is 0.235 e. The molecule has 1 fully saturated rings. The maximum absolute atomic E-state index is 13.0. The standard InChI is InChI=1S/C21H20N2O4/c24-8-5-16-10-13-9-15(2-3-17(13)22-16)23-20(25)21(6-7-21)14-1-4-18-19(11-14)27-12-26-18/h1-4,8-9,11,16,22H,5-7,10,12H2,(H,23,25). The number of ether oxygens (including phenoxy) is 2. The summed E-state index contributed by atoms with van der Waals surface area (Å²) < 4.78 is 10.8. The third-order valence-corrected chi connectivity index (χ3v) is 5.68. The summed E-state index contributed by atoms with van der Waals surface area (Å²) in [6.07, 6.45) is 3.88. The fraction of sp³-hybridized carbons (Fsp3) is 0.333. The number of carbonyl (C=O) groups is 2. The first-order valence-corrected chi connectivity index (χ1v) is 9.23. The van der Waals surface area contributed by atoms with E-state index in [2.05, 4.69) is 10.6 Å². The molecule has 3 aliphatic rings. The van der Waals surface area contributed by atoms with Crippen molar-refractivity contribution >= 4 is 23.6 Å². The lowest BCUT2D eigenvalue weighted by Crippen LogP contribution is -2.27. The first-order valence-electron chi connectivity index (χ1n) is 9.23. The second kappa shape index (κ2) is 6.01. The summed E-state index contributed by atoms with van der Waals surface area (Å²) in [5, 5.41) is 6.42. The Kier molecular flexibility index (Phi) is 3.60. The van der Waals surface area contributed by atoms with Crippen LogP contribution in [0.15, 0.2) is 36.4 Å². The second-order valence-electron chi connectivity index (χ2n) is 7.42. The molecule has 0 saturated heterocycles. The van der Waals surface area contributed by atoms with Crippen molar-refractivity contribution in [1.29, 1.82) is 0 Å². The van der Waals surface area contributed by atoms with Gasteiger partial charge in [-0.2, -0.15) is 0 Å². The first kappa shape index (κ1) is 16.2. The van der Waals surface area contributed by atoms with Crippen LogP contribution in [0.4, 0.5) is 11.4 Å². The van der Waals surface area contributed by atoms with E-state index in [-0.39, 0.29) is 18.7 Å². The molecule has 2 N–H and O–H groups in total. The summed E-state index contributed by atoms with van der Waals surface area (Å²) in [4.78, 5) is 23.8. The number of anilines is 2. The lowest BCUT2D eigenvalue weighted by molar-refractivity contribution is -0.118. The van der Waals surface area contributed by atoms with Crippen LogP contribution in [0.25, 0.3) is 0 Å². The molecule has 1 atom stereocenters. The Morgan fingerprint density at radius 3 is 2.85 bits per heavy atom. The lowest BCUT2D eigenvalue weighted by Gasteiger charge is -2.17. The van der Waals surface area contributed by atoms with Gasteiger partial charge in [-0.25, -0.2) is 0 Å². The SMILES string of the molecule is O=CCC1Cc2cc(NC(=O)C3(c4ccc5c(c4)OCO5)CC3)ccc2N1. The van der Waals surface area contributed by atoms with Crippen molar-refractivity contribution in [2.75, 3.05) is 17.4 Å². The number of carbonyl (C=O) groups excluding carboxylic acids is 2. The molecule has 2 heterocycles. The Hall–Kier alpha value is -3.02. The lowest BCUT2D eigenvalue weighted by atomic mass is 9.94. The highest BCUT2D eigenvalue weighted by atomic mass is 16.7. The summed E-state index contributed by atoms with van der Waals surface area (Å²) in [6.45, 7) is 0.228. The number of fused-ring (bicyclic) bond motifs is 2. The Balaban J connectivity index is 1.34. The molecule has 1 unspecified atom stereocenters. The van der Waals surface area contributed by atoms with Crippen LogP contribution in [0.1, 0.15) is 30.4 Å². The molecule has 1 amide bonds. The molecule has 5 rings (SSSR count). The zero-order chi connectivity index (χ0) is 18.4. The van der Waals surface area contributed by atoms with Crippen molar-refractivity contribution in [3.05, 3.63) is 47.5 Å². The minimum Gasteiger partial charge on any atom is -0.454 e. The van der Waals surface area contributed by atoms with E-state index in [4.69, 9.17) is 9.47 Å². The smallest absolute Gasteiger partial charge is 0.235 e. The highest BCUT2D eigenvalue weighted by Crippen LogP contribution is 2.51. The molecule has 2 aliphatic heterocycles. The highest BCUT2D eigenvalue weighted by molar-refractivity contribution is 6.01. The van der Waals surface area contributed by atoms with Gasteiger partial charge in [0, 0.05) is 23.8 Å². The maximum atomic E-state index is 13.0. The van der Waals surface area contributed by atoms with Gasteiger partial charge in [0.05, 0.1) is 5.41 Å². The van der Waals surface area contributed by atoms with Gasteiger partial charge in [-0.05, 0) is 60.7 Å². The molecule has 138 valence electrons. The normalized spacial score (nSPS) is 20.5. The number of benzene rings is 2. The molecule has 1 saturated carbocycles. The molecule has 6 heteroatoms. The molecule has 1 aliphatic carbocycles. The number of nitrogens with one attached hydrogen (secondary N) is 2. The van der Waals surface area contributed by atoms with E-state index in [9.17, 15) is 9.59 Å². The Bertz CT molecular complexity index is 936. The Morgan fingerprint density at radius 1 is 1.19 bits per heavy atom. The van der Waals surface area contributed by atoms with Crippen LogP contribution in [0.3, 0.4) is 0 Å².